The third-order valence-corrected chi connectivity index (χ3v) is 1.65. The van der Waals surface area contributed by atoms with Crippen LogP contribution in [0, 0.1) is 0 Å². The molecule has 0 fully saturated rings. The summed E-state index contributed by atoms with van der Waals surface area (Å²) in [5.41, 5.74) is 1.18. The van der Waals surface area contributed by atoms with Crippen LogP contribution in [-0.4, -0.2) is 12.3 Å². The fourth-order valence-corrected chi connectivity index (χ4v) is 1.05. The second-order valence-electron chi connectivity index (χ2n) is 2.68. The Balaban J connectivity index is 2.24. The highest BCUT2D eigenvalue weighted by molar-refractivity contribution is 5.85. The van der Waals surface area contributed by atoms with E-state index in [0.29, 0.717) is 0 Å². The Hall–Kier alpha value is -0.790. The van der Waals surface area contributed by atoms with Crippen LogP contribution in [0.25, 0.3) is 0 Å². The van der Waals surface area contributed by atoms with E-state index in [0.717, 1.165) is 32.3 Å². The zero-order valence-electron chi connectivity index (χ0n) is 7.05. The summed E-state index contributed by atoms with van der Waals surface area (Å²) in [6.07, 6.45) is 8.62. The van der Waals surface area contributed by atoms with Gasteiger partial charge in [-0.3, -0.25) is 0 Å². The first-order valence-electron chi connectivity index (χ1n) is 4.26. The van der Waals surface area contributed by atoms with Crippen LogP contribution >= 0.6 is 0 Å². The summed E-state index contributed by atoms with van der Waals surface area (Å²) in [4.78, 5) is 4.97. The maximum atomic E-state index is 4.97. The van der Waals surface area contributed by atoms with Gasteiger partial charge in [0.15, 0.2) is 0 Å². The molecule has 2 heteroatoms. The highest BCUT2D eigenvalue weighted by Crippen LogP contribution is 2.06. The van der Waals surface area contributed by atoms with E-state index < -0.39 is 0 Å². The summed E-state index contributed by atoms with van der Waals surface area (Å²) in [7, 11) is 0. The van der Waals surface area contributed by atoms with Crippen molar-refractivity contribution in [2.24, 2.45) is 5.16 Å². The van der Waals surface area contributed by atoms with Gasteiger partial charge in [0.2, 0.25) is 0 Å². The summed E-state index contributed by atoms with van der Waals surface area (Å²) < 4.78 is 0. The summed E-state index contributed by atoms with van der Waals surface area (Å²) >= 11 is 0. The van der Waals surface area contributed by atoms with Crippen molar-refractivity contribution < 1.29 is 4.84 Å². The van der Waals surface area contributed by atoms with Gasteiger partial charge in [-0.15, -0.1) is 0 Å². The number of hydrogen-bond donors (Lipinski definition) is 0. The zero-order valence-corrected chi connectivity index (χ0v) is 7.05. The molecule has 62 valence electrons. The molecule has 1 heterocycles. The molecule has 1 aliphatic rings. The van der Waals surface area contributed by atoms with Gasteiger partial charge in [0.25, 0.3) is 0 Å². The number of allylic oxidation sites excluding steroid dienone is 2. The Kier molecular flexibility index (Phi) is 3.73. The summed E-state index contributed by atoms with van der Waals surface area (Å²) in [5.74, 6) is 0. The molecule has 0 aromatic rings. The van der Waals surface area contributed by atoms with E-state index in [1.54, 1.807) is 0 Å². The van der Waals surface area contributed by atoms with Crippen LogP contribution in [0.1, 0.15) is 32.6 Å². The molecule has 0 saturated carbocycles. The topological polar surface area (TPSA) is 21.6 Å². The summed E-state index contributed by atoms with van der Waals surface area (Å²) in [5, 5.41) is 3.97. The van der Waals surface area contributed by atoms with E-state index in [-0.39, 0.29) is 0 Å². The van der Waals surface area contributed by atoms with Crippen molar-refractivity contribution in [2.45, 2.75) is 32.6 Å². The third-order valence-electron chi connectivity index (χ3n) is 1.65. The predicted molar refractivity (Wildman–Crippen MR) is 46.7 cm³/mol. The molecule has 0 radical (unpaired) electrons. The Bertz CT molecular complexity index is 161. The van der Waals surface area contributed by atoms with Crippen molar-refractivity contribution in [3.05, 3.63) is 12.2 Å². The number of nitrogens with zero attached hydrogens (tertiary/aromatic N) is 1. The first-order chi connectivity index (χ1) is 5.43. The number of rotatable bonds is 3. The lowest BCUT2D eigenvalue weighted by Gasteiger charge is -2.09. The maximum Gasteiger partial charge on any atom is 0.117 e. The van der Waals surface area contributed by atoms with E-state index in [1.807, 2.05) is 0 Å². The molecule has 0 N–H and O–H groups in total. The molecule has 11 heavy (non-hydrogen) atoms. The second kappa shape index (κ2) is 4.94. The molecule has 1 aliphatic heterocycles. The van der Waals surface area contributed by atoms with Crippen molar-refractivity contribution in [1.29, 1.82) is 0 Å². The second-order valence-corrected chi connectivity index (χ2v) is 2.68. The SMILES string of the molecule is CC/C=C/CC1=NOCCC1. The molecule has 0 bridgehead atoms. The molecule has 0 amide bonds. The lowest BCUT2D eigenvalue weighted by molar-refractivity contribution is 0.130. The predicted octanol–water partition coefficient (Wildman–Crippen LogP) is 2.51. The molecule has 2 nitrogen and oxygen atoms in total. The first kappa shape index (κ1) is 8.31. The molecule has 0 aromatic heterocycles. The van der Waals surface area contributed by atoms with Gasteiger partial charge in [-0.2, -0.15) is 0 Å². The van der Waals surface area contributed by atoms with Gasteiger partial charge in [-0.1, -0.05) is 24.2 Å². The first-order valence-corrected chi connectivity index (χ1v) is 4.26. The Morgan fingerprint density at radius 2 is 2.45 bits per heavy atom. The summed E-state index contributed by atoms with van der Waals surface area (Å²) in [6.45, 7) is 2.93. The normalized spacial score (nSPS) is 18.1. The van der Waals surface area contributed by atoms with E-state index in [9.17, 15) is 0 Å². The van der Waals surface area contributed by atoms with E-state index in [4.69, 9.17) is 4.84 Å². The molecule has 0 spiro atoms. The number of hydrogen-bond acceptors (Lipinski definition) is 2. The van der Waals surface area contributed by atoms with Crippen molar-refractivity contribution in [1.82, 2.24) is 0 Å². The Morgan fingerprint density at radius 1 is 1.55 bits per heavy atom. The lowest BCUT2D eigenvalue weighted by atomic mass is 10.1. The van der Waals surface area contributed by atoms with E-state index in [2.05, 4.69) is 24.2 Å². The Labute approximate surface area is 67.9 Å². The minimum absolute atomic E-state index is 0.793. The average molecular weight is 153 g/mol. The van der Waals surface area contributed by atoms with Crippen LogP contribution in [0.15, 0.2) is 17.3 Å². The summed E-state index contributed by atoms with van der Waals surface area (Å²) in [6, 6.07) is 0. The highest BCUT2D eigenvalue weighted by Gasteiger charge is 2.03. The van der Waals surface area contributed by atoms with E-state index in [1.165, 1.54) is 5.71 Å². The molecule has 0 aliphatic carbocycles. The monoisotopic (exact) mass is 153 g/mol. The van der Waals surface area contributed by atoms with Gasteiger partial charge < -0.3 is 4.84 Å². The van der Waals surface area contributed by atoms with Gasteiger partial charge >= 0.3 is 0 Å². The zero-order chi connectivity index (χ0) is 7.94. The minimum Gasteiger partial charge on any atom is -0.396 e. The minimum atomic E-state index is 0.793. The van der Waals surface area contributed by atoms with Crippen molar-refractivity contribution in [3.63, 3.8) is 0 Å². The van der Waals surface area contributed by atoms with Crippen LogP contribution in [0.4, 0.5) is 0 Å². The van der Waals surface area contributed by atoms with Gasteiger partial charge in [-0.25, -0.2) is 0 Å². The fourth-order valence-electron chi connectivity index (χ4n) is 1.05. The largest absolute Gasteiger partial charge is 0.396 e. The quantitative estimate of drug-likeness (QED) is 0.571. The standard InChI is InChI=1S/C9H15NO/c1-2-3-4-6-9-7-5-8-11-10-9/h3-4H,2,5-8H2,1H3/b4-3+. The van der Waals surface area contributed by atoms with Crippen LogP contribution in [-0.2, 0) is 4.84 Å². The van der Waals surface area contributed by atoms with E-state index >= 15 is 0 Å². The average Bonchev–Trinajstić information content (AvgIpc) is 2.07. The molecule has 1 rings (SSSR count). The lowest BCUT2D eigenvalue weighted by Crippen LogP contribution is -2.06. The molecular formula is C9H15NO. The van der Waals surface area contributed by atoms with Crippen LogP contribution in [0.3, 0.4) is 0 Å². The van der Waals surface area contributed by atoms with Crippen LogP contribution in [0.2, 0.25) is 0 Å². The molecular weight excluding hydrogens is 138 g/mol. The van der Waals surface area contributed by atoms with Crippen molar-refractivity contribution >= 4 is 5.71 Å². The van der Waals surface area contributed by atoms with Crippen molar-refractivity contribution in [3.8, 4) is 0 Å². The molecule has 0 unspecified atom stereocenters. The van der Waals surface area contributed by atoms with Crippen molar-refractivity contribution in [2.75, 3.05) is 6.61 Å². The molecule has 0 aromatic carbocycles. The van der Waals surface area contributed by atoms with Gasteiger partial charge in [-0.05, 0) is 19.3 Å². The Morgan fingerprint density at radius 3 is 3.09 bits per heavy atom. The van der Waals surface area contributed by atoms with Gasteiger partial charge in [0.1, 0.15) is 6.61 Å². The van der Waals surface area contributed by atoms with Crippen LogP contribution < -0.4 is 0 Å². The van der Waals surface area contributed by atoms with Crippen LogP contribution in [0.5, 0.6) is 0 Å². The molecule has 0 saturated heterocycles. The maximum absolute atomic E-state index is 4.97. The van der Waals surface area contributed by atoms with Gasteiger partial charge in [0.05, 0.1) is 5.71 Å². The highest BCUT2D eigenvalue weighted by atomic mass is 16.6. The van der Waals surface area contributed by atoms with Gasteiger partial charge in [0, 0.05) is 6.42 Å². The third kappa shape index (κ3) is 3.21. The fraction of sp³-hybridized carbons (Fsp3) is 0.667. The number of oxime groups is 1. The molecule has 0 atom stereocenters. The smallest absolute Gasteiger partial charge is 0.117 e.